The molecule has 0 spiro atoms. The van der Waals surface area contributed by atoms with Crippen molar-refractivity contribution < 1.29 is 26.7 Å². The van der Waals surface area contributed by atoms with Crippen molar-refractivity contribution >= 4 is 27.7 Å². The summed E-state index contributed by atoms with van der Waals surface area (Å²) in [5.41, 5.74) is 0. The minimum absolute atomic E-state index is 0. The Labute approximate surface area is 194 Å². The zero-order valence-electron chi connectivity index (χ0n) is 16.3. The standard InChI is InChI=1S/C18H15As.C6H6.2CO.Cr/c1-4-10-16(11-5-1)19(17-12-6-2-7-13-17)18-14-8-3-9-15-18;1-2-4-6-5-3-1;2*1-2;/h1-15H;1-6H;;;. The number of rotatable bonds is 3. The van der Waals surface area contributed by atoms with Crippen LogP contribution in [0.2, 0.25) is 0 Å². The maximum absolute atomic E-state index is 7.50. The Bertz CT molecular complexity index is 801. The summed E-state index contributed by atoms with van der Waals surface area (Å²) < 4.78 is 19.4. The third kappa shape index (κ3) is 9.78. The van der Waals surface area contributed by atoms with E-state index in [4.69, 9.17) is 9.30 Å². The van der Waals surface area contributed by atoms with E-state index >= 15 is 0 Å². The average molecular weight is 492 g/mol. The molecule has 2 nitrogen and oxygen atoms in total. The van der Waals surface area contributed by atoms with Gasteiger partial charge in [-0.1, -0.05) is 36.4 Å². The normalized spacial score (nSPS) is 8.43. The van der Waals surface area contributed by atoms with Gasteiger partial charge in [-0.2, -0.15) is 0 Å². The van der Waals surface area contributed by atoms with Crippen molar-refractivity contribution in [2.75, 3.05) is 0 Å². The van der Waals surface area contributed by atoms with Crippen molar-refractivity contribution in [1.29, 1.82) is 0 Å². The SMILES string of the molecule is [C-]#[O+].[C-]#[O+].[Cr].c1ccc([As](c2ccccc2)c2ccccc2)cc1.c1ccccc1. The van der Waals surface area contributed by atoms with Crippen LogP contribution in [0.4, 0.5) is 0 Å². The summed E-state index contributed by atoms with van der Waals surface area (Å²) in [6, 6.07) is 44.7. The van der Waals surface area contributed by atoms with E-state index < -0.39 is 14.7 Å². The molecule has 0 aliphatic carbocycles. The monoisotopic (exact) mass is 492 g/mol. The topological polar surface area (TPSA) is 39.8 Å². The van der Waals surface area contributed by atoms with Crippen LogP contribution in [-0.4, -0.2) is 14.7 Å². The first-order valence-corrected chi connectivity index (χ1v) is 11.6. The van der Waals surface area contributed by atoms with Crippen LogP contribution in [0.5, 0.6) is 0 Å². The minimum atomic E-state index is -1.39. The first-order chi connectivity index (χ1) is 14.4. The van der Waals surface area contributed by atoms with Gasteiger partial charge in [0.25, 0.3) is 0 Å². The zero-order valence-corrected chi connectivity index (χ0v) is 19.4. The van der Waals surface area contributed by atoms with Crippen molar-refractivity contribution in [3.63, 3.8) is 0 Å². The van der Waals surface area contributed by atoms with Gasteiger partial charge in [0, 0.05) is 17.4 Å². The molecule has 0 unspecified atom stereocenters. The van der Waals surface area contributed by atoms with E-state index in [1.807, 2.05) is 36.4 Å². The second-order valence-electron chi connectivity index (χ2n) is 5.50. The van der Waals surface area contributed by atoms with Crippen LogP contribution in [-0.2, 0) is 26.7 Å². The number of hydrogen-bond donors (Lipinski definition) is 0. The van der Waals surface area contributed by atoms with Crippen LogP contribution in [0.1, 0.15) is 0 Å². The maximum atomic E-state index is 7.50. The molecule has 0 amide bonds. The van der Waals surface area contributed by atoms with Gasteiger partial charge in [0.05, 0.1) is 0 Å². The molecule has 0 aliphatic heterocycles. The predicted molar refractivity (Wildman–Crippen MR) is 118 cm³/mol. The van der Waals surface area contributed by atoms with Gasteiger partial charge in [-0.15, -0.1) is 0 Å². The van der Waals surface area contributed by atoms with E-state index in [0.717, 1.165) is 0 Å². The van der Waals surface area contributed by atoms with Gasteiger partial charge < -0.3 is 0 Å². The van der Waals surface area contributed by atoms with Crippen molar-refractivity contribution in [3.05, 3.63) is 141 Å². The summed E-state index contributed by atoms with van der Waals surface area (Å²) in [6.07, 6.45) is 0. The Balaban J connectivity index is 0.000000647. The molecule has 0 saturated carbocycles. The predicted octanol–water partition coefficient (Wildman–Crippen LogP) is 3.81. The van der Waals surface area contributed by atoms with Gasteiger partial charge in [0.2, 0.25) is 0 Å². The molecule has 0 bridgehead atoms. The van der Waals surface area contributed by atoms with Gasteiger partial charge in [0.15, 0.2) is 0 Å². The van der Waals surface area contributed by atoms with E-state index in [2.05, 4.69) is 104 Å². The van der Waals surface area contributed by atoms with Crippen LogP contribution in [0.15, 0.2) is 127 Å². The molecule has 0 N–H and O–H groups in total. The second-order valence-corrected chi connectivity index (χ2v) is 10.2. The molecule has 4 heteroatoms. The Morgan fingerprint density at radius 3 is 0.733 bits per heavy atom. The Kier molecular flexibility index (Phi) is 16.9. The fourth-order valence-corrected chi connectivity index (χ4v) is 7.40. The minimum Gasteiger partial charge on any atom is -0.0623 e. The van der Waals surface area contributed by atoms with E-state index in [0.29, 0.717) is 0 Å². The first kappa shape index (κ1) is 27.5. The smallest absolute Gasteiger partial charge is 0.0623 e. The third-order valence-electron chi connectivity index (χ3n) is 3.71. The molecule has 0 atom stereocenters. The van der Waals surface area contributed by atoms with Gasteiger partial charge in [0.1, 0.15) is 0 Å². The Morgan fingerprint density at radius 2 is 0.533 bits per heavy atom. The van der Waals surface area contributed by atoms with Crippen LogP contribution in [0.3, 0.4) is 0 Å². The molecule has 30 heavy (non-hydrogen) atoms. The largest absolute Gasteiger partial charge is 0.0623 e. The molecular formula is C26H21AsCrO2. The summed E-state index contributed by atoms with van der Waals surface area (Å²) in [6.45, 7) is 9.00. The van der Waals surface area contributed by atoms with Gasteiger partial charge in [-0.25, -0.2) is 0 Å². The van der Waals surface area contributed by atoms with Crippen LogP contribution in [0.25, 0.3) is 0 Å². The molecule has 148 valence electrons. The van der Waals surface area contributed by atoms with E-state index in [-0.39, 0.29) is 17.4 Å². The first-order valence-electron chi connectivity index (χ1n) is 8.81. The molecule has 4 aromatic carbocycles. The van der Waals surface area contributed by atoms with Crippen LogP contribution >= 0.6 is 0 Å². The molecule has 0 fully saturated rings. The molecular weight excluding hydrogens is 471 g/mol. The van der Waals surface area contributed by atoms with Crippen LogP contribution < -0.4 is 13.1 Å². The molecule has 4 rings (SSSR count). The summed E-state index contributed by atoms with van der Waals surface area (Å²) in [5.74, 6) is 0. The molecule has 0 heterocycles. The second kappa shape index (κ2) is 18.5. The van der Waals surface area contributed by atoms with Crippen molar-refractivity contribution in [3.8, 4) is 0 Å². The molecule has 0 saturated heterocycles. The van der Waals surface area contributed by atoms with Gasteiger partial charge in [-0.05, 0) is 0 Å². The van der Waals surface area contributed by atoms with E-state index in [1.165, 1.54) is 13.1 Å². The van der Waals surface area contributed by atoms with Crippen molar-refractivity contribution in [2.24, 2.45) is 0 Å². The third-order valence-corrected chi connectivity index (χ3v) is 8.84. The molecule has 0 aliphatic rings. The average Bonchev–Trinajstić information content (AvgIpc) is 2.85. The zero-order chi connectivity index (χ0) is 21.2. The quantitative estimate of drug-likeness (QED) is 0.237. The van der Waals surface area contributed by atoms with E-state index in [1.54, 1.807) is 0 Å². The summed E-state index contributed by atoms with van der Waals surface area (Å²) in [5, 5.41) is 0. The molecule has 4 aromatic rings. The van der Waals surface area contributed by atoms with Crippen molar-refractivity contribution in [2.45, 2.75) is 0 Å². The van der Waals surface area contributed by atoms with Gasteiger partial charge >= 0.3 is 141 Å². The molecule has 0 radical (unpaired) electrons. The van der Waals surface area contributed by atoms with Gasteiger partial charge in [-0.3, -0.25) is 0 Å². The Morgan fingerprint density at radius 1 is 0.367 bits per heavy atom. The maximum Gasteiger partial charge on any atom is -0.0623 e. The summed E-state index contributed by atoms with van der Waals surface area (Å²) in [7, 11) is 0. The summed E-state index contributed by atoms with van der Waals surface area (Å²) >= 11 is -1.39. The van der Waals surface area contributed by atoms with Crippen LogP contribution in [0, 0.1) is 13.3 Å². The van der Waals surface area contributed by atoms with Crippen molar-refractivity contribution in [1.82, 2.24) is 0 Å². The fraction of sp³-hybridized carbons (Fsp3) is 0. The fourth-order valence-electron chi connectivity index (χ4n) is 2.56. The Hall–Kier alpha value is -2.55. The van der Waals surface area contributed by atoms with E-state index in [9.17, 15) is 0 Å². The molecule has 0 aromatic heterocycles. The number of hydrogen-bond acceptors (Lipinski definition) is 0. The number of benzene rings is 4. The summed E-state index contributed by atoms with van der Waals surface area (Å²) in [4.78, 5) is 0.